The molecule has 0 radical (unpaired) electrons. The predicted molar refractivity (Wildman–Crippen MR) is 97.7 cm³/mol. The lowest BCUT2D eigenvalue weighted by molar-refractivity contribution is 0.0292. The van der Waals surface area contributed by atoms with E-state index in [2.05, 4.69) is 45.4 Å². The molecular formula is C20H29N3O2. The summed E-state index contributed by atoms with van der Waals surface area (Å²) in [6, 6.07) is 11.2. The molecule has 3 fully saturated rings. The van der Waals surface area contributed by atoms with E-state index in [9.17, 15) is 4.79 Å². The van der Waals surface area contributed by atoms with Gasteiger partial charge in [-0.25, -0.2) is 4.79 Å². The molecule has 2 heterocycles. The summed E-state index contributed by atoms with van der Waals surface area (Å²) < 4.78 is 5.42. The maximum Gasteiger partial charge on any atom is 0.317 e. The normalized spacial score (nSPS) is 29.6. The number of hydrogen-bond acceptors (Lipinski definition) is 3. The van der Waals surface area contributed by atoms with Gasteiger partial charge >= 0.3 is 6.03 Å². The van der Waals surface area contributed by atoms with E-state index in [-0.39, 0.29) is 6.03 Å². The lowest BCUT2D eigenvalue weighted by Gasteiger charge is -2.33. The Balaban J connectivity index is 1.23. The third kappa shape index (κ3) is 4.15. The molecule has 5 heteroatoms. The lowest BCUT2D eigenvalue weighted by atomic mass is 10.1. The third-order valence-corrected chi connectivity index (χ3v) is 5.88. The number of morpholine rings is 1. The molecule has 1 aliphatic carbocycles. The molecule has 3 atom stereocenters. The number of carbonyl (C=O) groups is 1. The molecule has 4 rings (SSSR count). The van der Waals surface area contributed by atoms with Crippen molar-refractivity contribution in [2.75, 3.05) is 45.9 Å². The highest BCUT2D eigenvalue weighted by Crippen LogP contribution is 2.46. The Labute approximate surface area is 150 Å². The minimum Gasteiger partial charge on any atom is -0.379 e. The fourth-order valence-corrected chi connectivity index (χ4v) is 4.28. The molecule has 2 aliphatic heterocycles. The predicted octanol–water partition coefficient (Wildman–Crippen LogP) is 2.30. The Hall–Kier alpha value is -1.59. The van der Waals surface area contributed by atoms with Crippen LogP contribution < -0.4 is 5.32 Å². The van der Waals surface area contributed by atoms with E-state index in [0.29, 0.717) is 17.9 Å². The standard InChI is InChI=1S/C20H29N3O2/c24-20(21-14-17-13-19(17)16-5-2-1-3-6-16)23-8-4-7-18(23)15-22-9-11-25-12-10-22/h1-3,5-6,17-19H,4,7-15H2,(H,21,24)/t17-,18-,19-/m0/s1. The van der Waals surface area contributed by atoms with E-state index in [4.69, 9.17) is 4.74 Å². The van der Waals surface area contributed by atoms with Crippen LogP contribution in [0.1, 0.15) is 30.7 Å². The Bertz CT molecular complexity index is 574. The van der Waals surface area contributed by atoms with Crippen LogP contribution >= 0.6 is 0 Å². The second-order valence-electron chi connectivity index (χ2n) is 7.60. The van der Waals surface area contributed by atoms with Gasteiger partial charge in [0.2, 0.25) is 0 Å². The van der Waals surface area contributed by atoms with Crippen LogP contribution in [0.25, 0.3) is 0 Å². The molecular weight excluding hydrogens is 314 g/mol. The first-order chi connectivity index (χ1) is 12.3. The van der Waals surface area contributed by atoms with Gasteiger partial charge in [0.25, 0.3) is 0 Å². The summed E-state index contributed by atoms with van der Waals surface area (Å²) in [6.07, 6.45) is 3.45. The maximum atomic E-state index is 12.6. The van der Waals surface area contributed by atoms with Crippen LogP contribution in [0.5, 0.6) is 0 Å². The number of nitrogens with one attached hydrogen (secondary N) is 1. The summed E-state index contributed by atoms with van der Waals surface area (Å²) in [4.78, 5) is 17.1. The van der Waals surface area contributed by atoms with Crippen molar-refractivity contribution in [3.05, 3.63) is 35.9 Å². The molecule has 1 aromatic carbocycles. The molecule has 0 aromatic heterocycles. The monoisotopic (exact) mass is 343 g/mol. The number of ether oxygens (including phenoxy) is 1. The largest absolute Gasteiger partial charge is 0.379 e. The number of nitrogens with zero attached hydrogens (tertiary/aromatic N) is 2. The molecule has 2 saturated heterocycles. The summed E-state index contributed by atoms with van der Waals surface area (Å²) in [5.74, 6) is 1.23. The van der Waals surface area contributed by atoms with E-state index < -0.39 is 0 Å². The van der Waals surface area contributed by atoms with Crippen LogP contribution in [0.3, 0.4) is 0 Å². The number of amides is 2. The van der Waals surface area contributed by atoms with E-state index >= 15 is 0 Å². The van der Waals surface area contributed by atoms with Crippen LogP contribution in [0.15, 0.2) is 30.3 Å². The Kier molecular flexibility index (Phi) is 5.22. The highest BCUT2D eigenvalue weighted by atomic mass is 16.5. The van der Waals surface area contributed by atoms with Gasteiger partial charge in [-0.15, -0.1) is 0 Å². The minimum atomic E-state index is 0.134. The van der Waals surface area contributed by atoms with Crippen LogP contribution in [0.2, 0.25) is 0 Å². The van der Waals surface area contributed by atoms with E-state index in [1.54, 1.807) is 0 Å². The molecule has 0 bridgehead atoms. The van der Waals surface area contributed by atoms with Crippen molar-refractivity contribution in [3.8, 4) is 0 Å². The summed E-state index contributed by atoms with van der Waals surface area (Å²) in [5, 5.41) is 3.20. The van der Waals surface area contributed by atoms with Crippen molar-refractivity contribution in [3.63, 3.8) is 0 Å². The average Bonchev–Trinajstić information content (AvgIpc) is 3.30. The van der Waals surface area contributed by atoms with E-state index in [0.717, 1.165) is 58.8 Å². The Morgan fingerprint density at radius 2 is 1.96 bits per heavy atom. The molecule has 5 nitrogen and oxygen atoms in total. The Morgan fingerprint density at radius 3 is 2.76 bits per heavy atom. The number of carbonyl (C=O) groups excluding carboxylic acids is 1. The van der Waals surface area contributed by atoms with Crippen molar-refractivity contribution in [2.45, 2.75) is 31.2 Å². The highest BCUT2D eigenvalue weighted by Gasteiger charge is 2.39. The molecule has 1 saturated carbocycles. The summed E-state index contributed by atoms with van der Waals surface area (Å²) in [6.45, 7) is 6.32. The molecule has 1 N–H and O–H groups in total. The van der Waals surface area contributed by atoms with Crippen molar-refractivity contribution in [1.82, 2.24) is 15.1 Å². The fraction of sp³-hybridized carbons (Fsp3) is 0.650. The van der Waals surface area contributed by atoms with Crippen LogP contribution in [-0.4, -0.2) is 67.8 Å². The van der Waals surface area contributed by atoms with Gasteiger partial charge in [0, 0.05) is 38.8 Å². The molecule has 25 heavy (non-hydrogen) atoms. The van der Waals surface area contributed by atoms with Gasteiger partial charge in [0.15, 0.2) is 0 Å². The molecule has 1 aromatic rings. The first-order valence-electron chi connectivity index (χ1n) is 9.71. The molecule has 0 unspecified atom stereocenters. The minimum absolute atomic E-state index is 0.134. The average molecular weight is 343 g/mol. The number of likely N-dealkylation sites (tertiary alicyclic amines) is 1. The van der Waals surface area contributed by atoms with Crippen molar-refractivity contribution in [1.29, 1.82) is 0 Å². The zero-order chi connectivity index (χ0) is 17.1. The third-order valence-electron chi connectivity index (χ3n) is 5.88. The zero-order valence-corrected chi connectivity index (χ0v) is 14.9. The molecule has 2 amide bonds. The summed E-state index contributed by atoms with van der Waals surface area (Å²) in [5.41, 5.74) is 1.41. The van der Waals surface area contributed by atoms with Crippen molar-refractivity contribution >= 4 is 6.03 Å². The van der Waals surface area contributed by atoms with Gasteiger partial charge in [-0.05, 0) is 36.7 Å². The number of hydrogen-bond donors (Lipinski definition) is 1. The topological polar surface area (TPSA) is 44.8 Å². The van der Waals surface area contributed by atoms with Crippen molar-refractivity contribution < 1.29 is 9.53 Å². The summed E-state index contributed by atoms with van der Waals surface area (Å²) in [7, 11) is 0. The SMILES string of the molecule is O=C(NC[C@@H]1C[C@H]1c1ccccc1)N1CCC[C@H]1CN1CCOCC1. The maximum absolute atomic E-state index is 12.6. The second kappa shape index (κ2) is 7.75. The molecule has 136 valence electrons. The smallest absolute Gasteiger partial charge is 0.317 e. The highest BCUT2D eigenvalue weighted by molar-refractivity contribution is 5.75. The van der Waals surface area contributed by atoms with Gasteiger partial charge in [0.05, 0.1) is 13.2 Å². The second-order valence-corrected chi connectivity index (χ2v) is 7.60. The fourth-order valence-electron chi connectivity index (χ4n) is 4.28. The number of rotatable bonds is 5. The molecule has 0 spiro atoms. The van der Waals surface area contributed by atoms with Gasteiger partial charge in [0.1, 0.15) is 0 Å². The van der Waals surface area contributed by atoms with E-state index in [1.807, 2.05) is 0 Å². The van der Waals surface area contributed by atoms with Crippen LogP contribution in [0, 0.1) is 5.92 Å². The first kappa shape index (κ1) is 16.9. The van der Waals surface area contributed by atoms with Gasteiger partial charge in [-0.1, -0.05) is 30.3 Å². The van der Waals surface area contributed by atoms with Gasteiger partial charge in [-0.2, -0.15) is 0 Å². The molecule has 3 aliphatic rings. The van der Waals surface area contributed by atoms with Crippen LogP contribution in [-0.2, 0) is 4.74 Å². The number of benzene rings is 1. The first-order valence-corrected chi connectivity index (χ1v) is 9.71. The van der Waals surface area contributed by atoms with Crippen molar-refractivity contribution in [2.24, 2.45) is 5.92 Å². The van der Waals surface area contributed by atoms with Gasteiger partial charge in [-0.3, -0.25) is 4.90 Å². The van der Waals surface area contributed by atoms with Gasteiger partial charge < -0.3 is 15.0 Å². The Morgan fingerprint density at radius 1 is 1.16 bits per heavy atom. The summed E-state index contributed by atoms with van der Waals surface area (Å²) >= 11 is 0. The van der Waals surface area contributed by atoms with E-state index in [1.165, 1.54) is 12.0 Å². The lowest BCUT2D eigenvalue weighted by Crippen LogP contribution is -2.49. The quantitative estimate of drug-likeness (QED) is 0.892. The number of urea groups is 1. The van der Waals surface area contributed by atoms with Crippen LogP contribution in [0.4, 0.5) is 4.79 Å². The zero-order valence-electron chi connectivity index (χ0n) is 14.9.